The molecule has 120 valence electrons. The smallest absolute Gasteiger partial charge is 0.412 e. The van der Waals surface area contributed by atoms with Crippen LogP contribution in [0.3, 0.4) is 0 Å². The van der Waals surface area contributed by atoms with Crippen LogP contribution in [0.2, 0.25) is 0 Å². The standard InChI is InChI=1S/C16H15NO6/c1-2-9-21-16(20)17-12-5-3-4-6-13(12)22-10-11-7-8-14(23-11)15(18)19/h2-8H,1,9-10H2,(H,17,20)(H,18,19). The van der Waals surface area contributed by atoms with E-state index in [1.165, 1.54) is 18.2 Å². The van der Waals surface area contributed by atoms with Crippen molar-refractivity contribution in [2.24, 2.45) is 0 Å². The van der Waals surface area contributed by atoms with Crippen molar-refractivity contribution in [3.63, 3.8) is 0 Å². The summed E-state index contributed by atoms with van der Waals surface area (Å²) in [5.74, 6) is -0.561. The summed E-state index contributed by atoms with van der Waals surface area (Å²) in [4.78, 5) is 22.3. The number of hydrogen-bond acceptors (Lipinski definition) is 5. The molecule has 7 nitrogen and oxygen atoms in total. The zero-order valence-electron chi connectivity index (χ0n) is 12.2. The number of nitrogens with one attached hydrogen (secondary N) is 1. The fourth-order valence-corrected chi connectivity index (χ4v) is 1.70. The van der Waals surface area contributed by atoms with Gasteiger partial charge in [-0.1, -0.05) is 24.8 Å². The quantitative estimate of drug-likeness (QED) is 0.760. The Labute approximate surface area is 132 Å². The molecule has 1 heterocycles. The van der Waals surface area contributed by atoms with Crippen LogP contribution < -0.4 is 10.1 Å². The number of amides is 1. The topological polar surface area (TPSA) is 98.0 Å². The number of rotatable bonds is 7. The van der Waals surface area contributed by atoms with Crippen molar-refractivity contribution in [3.8, 4) is 5.75 Å². The van der Waals surface area contributed by atoms with Gasteiger partial charge in [-0.2, -0.15) is 0 Å². The van der Waals surface area contributed by atoms with E-state index in [0.717, 1.165) is 0 Å². The molecule has 0 aliphatic heterocycles. The molecule has 1 aromatic carbocycles. The third kappa shape index (κ3) is 4.63. The van der Waals surface area contributed by atoms with Crippen LogP contribution in [0.1, 0.15) is 16.3 Å². The third-order valence-electron chi connectivity index (χ3n) is 2.70. The van der Waals surface area contributed by atoms with Gasteiger partial charge in [-0.3, -0.25) is 5.32 Å². The molecular weight excluding hydrogens is 302 g/mol. The molecule has 0 unspecified atom stereocenters. The van der Waals surface area contributed by atoms with E-state index in [1.807, 2.05) is 0 Å². The predicted molar refractivity (Wildman–Crippen MR) is 81.6 cm³/mol. The summed E-state index contributed by atoms with van der Waals surface area (Å²) in [5.41, 5.74) is 0.423. The van der Waals surface area contributed by atoms with Crippen LogP contribution in [-0.2, 0) is 11.3 Å². The van der Waals surface area contributed by atoms with Crippen molar-refractivity contribution >= 4 is 17.7 Å². The van der Waals surface area contributed by atoms with E-state index in [1.54, 1.807) is 24.3 Å². The Hall–Kier alpha value is -3.22. The normalized spacial score (nSPS) is 9.91. The molecule has 0 radical (unpaired) electrons. The summed E-state index contributed by atoms with van der Waals surface area (Å²) in [6, 6.07) is 9.63. The molecule has 7 heteroatoms. The first-order valence-corrected chi connectivity index (χ1v) is 6.68. The van der Waals surface area contributed by atoms with Gasteiger partial charge >= 0.3 is 12.1 Å². The van der Waals surface area contributed by atoms with Crippen molar-refractivity contribution < 1.29 is 28.6 Å². The summed E-state index contributed by atoms with van der Waals surface area (Å²) in [5, 5.41) is 11.3. The first-order valence-electron chi connectivity index (χ1n) is 6.68. The molecule has 2 aromatic rings. The number of ether oxygens (including phenoxy) is 2. The summed E-state index contributed by atoms with van der Waals surface area (Å²) >= 11 is 0. The minimum absolute atomic E-state index is 0.0215. The number of carboxylic acid groups (broad SMARTS) is 1. The van der Waals surface area contributed by atoms with Gasteiger partial charge in [0, 0.05) is 0 Å². The lowest BCUT2D eigenvalue weighted by atomic mass is 10.3. The second kappa shape index (κ2) is 7.69. The van der Waals surface area contributed by atoms with Gasteiger partial charge in [-0.05, 0) is 24.3 Å². The van der Waals surface area contributed by atoms with Crippen molar-refractivity contribution in [2.75, 3.05) is 11.9 Å². The van der Waals surface area contributed by atoms with Gasteiger partial charge in [-0.25, -0.2) is 9.59 Å². The molecule has 2 rings (SSSR count). The molecule has 1 amide bonds. The van der Waals surface area contributed by atoms with Gasteiger partial charge in [-0.15, -0.1) is 0 Å². The van der Waals surface area contributed by atoms with E-state index < -0.39 is 12.1 Å². The highest BCUT2D eigenvalue weighted by Crippen LogP contribution is 2.25. The minimum Gasteiger partial charge on any atom is -0.483 e. The van der Waals surface area contributed by atoms with E-state index in [9.17, 15) is 9.59 Å². The highest BCUT2D eigenvalue weighted by Gasteiger charge is 2.11. The Morgan fingerprint density at radius 1 is 1.26 bits per heavy atom. The van der Waals surface area contributed by atoms with Crippen molar-refractivity contribution in [2.45, 2.75) is 6.61 Å². The maximum absolute atomic E-state index is 11.6. The van der Waals surface area contributed by atoms with E-state index in [4.69, 9.17) is 19.0 Å². The molecule has 23 heavy (non-hydrogen) atoms. The van der Waals surface area contributed by atoms with Gasteiger partial charge in [0.25, 0.3) is 0 Å². The van der Waals surface area contributed by atoms with E-state index in [2.05, 4.69) is 11.9 Å². The lowest BCUT2D eigenvalue weighted by Crippen LogP contribution is -2.14. The lowest BCUT2D eigenvalue weighted by Gasteiger charge is -2.11. The number of carbonyl (C=O) groups is 2. The molecule has 0 bridgehead atoms. The van der Waals surface area contributed by atoms with Crippen LogP contribution in [0.25, 0.3) is 0 Å². The van der Waals surface area contributed by atoms with Gasteiger partial charge < -0.3 is 19.0 Å². The van der Waals surface area contributed by atoms with Gasteiger partial charge in [0.15, 0.2) is 0 Å². The van der Waals surface area contributed by atoms with E-state index in [-0.39, 0.29) is 19.0 Å². The number of carbonyl (C=O) groups excluding carboxylic acids is 1. The Bertz CT molecular complexity index is 706. The molecular formula is C16H15NO6. The molecule has 0 spiro atoms. The zero-order chi connectivity index (χ0) is 16.7. The lowest BCUT2D eigenvalue weighted by molar-refractivity contribution is 0.0658. The molecule has 0 fully saturated rings. The average Bonchev–Trinajstić information content (AvgIpc) is 3.01. The Balaban J connectivity index is 2.00. The first-order chi connectivity index (χ1) is 11.1. The van der Waals surface area contributed by atoms with Crippen molar-refractivity contribution in [1.29, 1.82) is 0 Å². The molecule has 0 aliphatic carbocycles. The molecule has 2 N–H and O–H groups in total. The van der Waals surface area contributed by atoms with Gasteiger partial charge in [0.05, 0.1) is 5.69 Å². The number of carboxylic acids is 1. The monoisotopic (exact) mass is 317 g/mol. The first kappa shape index (κ1) is 16.2. The van der Waals surface area contributed by atoms with E-state index >= 15 is 0 Å². The molecule has 0 saturated heterocycles. The van der Waals surface area contributed by atoms with Crippen LogP contribution in [-0.4, -0.2) is 23.8 Å². The number of hydrogen-bond donors (Lipinski definition) is 2. The predicted octanol–water partition coefficient (Wildman–Crippen LogP) is 3.29. The minimum atomic E-state index is -1.15. The number of aromatic carboxylic acids is 1. The molecule has 0 saturated carbocycles. The largest absolute Gasteiger partial charge is 0.483 e. The highest BCUT2D eigenvalue weighted by molar-refractivity contribution is 5.86. The zero-order valence-corrected chi connectivity index (χ0v) is 12.2. The Morgan fingerprint density at radius 2 is 2.04 bits per heavy atom. The van der Waals surface area contributed by atoms with Crippen LogP contribution in [0.5, 0.6) is 5.75 Å². The number of anilines is 1. The Morgan fingerprint density at radius 3 is 2.74 bits per heavy atom. The van der Waals surface area contributed by atoms with Crippen LogP contribution in [0.15, 0.2) is 53.5 Å². The third-order valence-corrected chi connectivity index (χ3v) is 2.70. The number of furan rings is 1. The average molecular weight is 317 g/mol. The van der Waals surface area contributed by atoms with Gasteiger partial charge in [0.1, 0.15) is 24.7 Å². The second-order valence-corrected chi connectivity index (χ2v) is 4.37. The van der Waals surface area contributed by atoms with Crippen molar-refractivity contribution in [3.05, 3.63) is 60.6 Å². The number of para-hydroxylation sites is 2. The van der Waals surface area contributed by atoms with Crippen LogP contribution >= 0.6 is 0 Å². The van der Waals surface area contributed by atoms with Crippen LogP contribution in [0, 0.1) is 0 Å². The van der Waals surface area contributed by atoms with Crippen molar-refractivity contribution in [1.82, 2.24) is 0 Å². The summed E-state index contributed by atoms with van der Waals surface area (Å²) in [6.45, 7) is 3.57. The summed E-state index contributed by atoms with van der Waals surface area (Å²) in [6.07, 6.45) is 0.825. The molecule has 1 aromatic heterocycles. The highest BCUT2D eigenvalue weighted by atomic mass is 16.5. The van der Waals surface area contributed by atoms with E-state index in [0.29, 0.717) is 17.2 Å². The second-order valence-electron chi connectivity index (χ2n) is 4.37. The maximum Gasteiger partial charge on any atom is 0.412 e. The van der Waals surface area contributed by atoms with Crippen LogP contribution in [0.4, 0.5) is 10.5 Å². The molecule has 0 atom stereocenters. The fourth-order valence-electron chi connectivity index (χ4n) is 1.70. The molecule has 0 aliphatic rings. The fraction of sp³-hybridized carbons (Fsp3) is 0.125. The summed E-state index contributed by atoms with van der Waals surface area (Å²) < 4.78 is 15.5. The Kier molecular flexibility index (Phi) is 5.40. The maximum atomic E-state index is 11.6. The summed E-state index contributed by atoms with van der Waals surface area (Å²) in [7, 11) is 0. The SMILES string of the molecule is C=CCOC(=O)Nc1ccccc1OCc1ccc(C(=O)O)o1. The van der Waals surface area contributed by atoms with Gasteiger partial charge in [0.2, 0.25) is 5.76 Å². The number of benzene rings is 1.